The Morgan fingerprint density at radius 3 is 2.89 bits per heavy atom. The highest BCUT2D eigenvalue weighted by Crippen LogP contribution is 2.24. The van der Waals surface area contributed by atoms with E-state index in [-0.39, 0.29) is 11.9 Å². The van der Waals surface area contributed by atoms with Gasteiger partial charge in [-0.2, -0.15) is 5.10 Å². The number of benzene rings is 1. The summed E-state index contributed by atoms with van der Waals surface area (Å²) < 4.78 is 15.7. The highest BCUT2D eigenvalue weighted by Gasteiger charge is 2.21. The minimum absolute atomic E-state index is 0.343. The maximum absolute atomic E-state index is 13.9. The Morgan fingerprint density at radius 2 is 2.28 bits per heavy atom. The van der Waals surface area contributed by atoms with Crippen molar-refractivity contribution in [2.24, 2.45) is 0 Å². The van der Waals surface area contributed by atoms with E-state index in [1.54, 1.807) is 23.9 Å². The van der Waals surface area contributed by atoms with Crippen LogP contribution < -0.4 is 5.32 Å². The Hall–Kier alpha value is -1.46. The third-order valence-corrected chi connectivity index (χ3v) is 3.00. The van der Waals surface area contributed by atoms with Gasteiger partial charge in [0, 0.05) is 17.1 Å². The zero-order valence-electron chi connectivity index (χ0n) is 10.2. The molecule has 0 aliphatic rings. The van der Waals surface area contributed by atoms with Gasteiger partial charge in [-0.15, -0.1) is 0 Å². The van der Waals surface area contributed by atoms with Crippen LogP contribution in [0.15, 0.2) is 24.5 Å². The first-order valence-corrected chi connectivity index (χ1v) is 6.05. The molecule has 0 fully saturated rings. The molecule has 1 heterocycles. The second-order valence-electron chi connectivity index (χ2n) is 3.82. The van der Waals surface area contributed by atoms with Crippen molar-refractivity contribution in [1.82, 2.24) is 20.1 Å². The molecule has 6 heteroatoms. The normalized spacial score (nSPS) is 12.7. The molecule has 0 saturated carbocycles. The fraction of sp³-hybridized carbons (Fsp3) is 0.333. The summed E-state index contributed by atoms with van der Waals surface area (Å²) in [6.45, 7) is 2.64. The van der Waals surface area contributed by atoms with Crippen molar-refractivity contribution in [3.8, 4) is 0 Å². The van der Waals surface area contributed by atoms with Gasteiger partial charge in [0.05, 0.1) is 6.04 Å². The summed E-state index contributed by atoms with van der Waals surface area (Å²) in [5.41, 5.74) is 0.504. The van der Waals surface area contributed by atoms with E-state index in [1.165, 1.54) is 12.4 Å². The molecule has 96 valence electrons. The predicted octanol–water partition coefficient (Wildman–Crippen LogP) is 2.40. The first kappa shape index (κ1) is 13.0. The Kier molecular flexibility index (Phi) is 3.93. The number of hydrogen-bond acceptors (Lipinski definition) is 3. The van der Waals surface area contributed by atoms with Crippen molar-refractivity contribution in [3.63, 3.8) is 0 Å². The van der Waals surface area contributed by atoms with Crippen LogP contribution in [0.3, 0.4) is 0 Å². The number of aromatic nitrogens is 3. The molecule has 1 N–H and O–H groups in total. The number of aryl methyl sites for hydroxylation is 1. The van der Waals surface area contributed by atoms with Crippen molar-refractivity contribution in [2.45, 2.75) is 19.5 Å². The van der Waals surface area contributed by atoms with Gasteiger partial charge in [0.25, 0.3) is 0 Å². The van der Waals surface area contributed by atoms with Crippen molar-refractivity contribution in [3.05, 3.63) is 46.8 Å². The monoisotopic (exact) mass is 268 g/mol. The van der Waals surface area contributed by atoms with Gasteiger partial charge >= 0.3 is 0 Å². The lowest BCUT2D eigenvalue weighted by molar-refractivity contribution is 0.524. The van der Waals surface area contributed by atoms with Gasteiger partial charge < -0.3 is 5.32 Å². The van der Waals surface area contributed by atoms with Gasteiger partial charge in [0.2, 0.25) is 0 Å². The van der Waals surface area contributed by atoms with Crippen LogP contribution in [-0.4, -0.2) is 21.8 Å². The second kappa shape index (κ2) is 5.46. The van der Waals surface area contributed by atoms with Gasteiger partial charge in [-0.05, 0) is 26.1 Å². The molecule has 0 saturated heterocycles. The first-order chi connectivity index (χ1) is 8.67. The summed E-state index contributed by atoms with van der Waals surface area (Å²) in [5, 5.41) is 7.52. The highest BCUT2D eigenvalue weighted by atomic mass is 35.5. The van der Waals surface area contributed by atoms with E-state index in [0.29, 0.717) is 23.0 Å². The minimum atomic E-state index is -0.354. The average molecular weight is 269 g/mol. The largest absolute Gasteiger partial charge is 0.307 e. The molecule has 1 unspecified atom stereocenters. The van der Waals surface area contributed by atoms with Crippen LogP contribution in [-0.2, 0) is 6.54 Å². The summed E-state index contributed by atoms with van der Waals surface area (Å²) in [5.74, 6) is 0.328. The third kappa shape index (κ3) is 2.37. The molecular weight excluding hydrogens is 255 g/mol. The number of halogens is 2. The van der Waals surface area contributed by atoms with Crippen LogP contribution in [0.4, 0.5) is 4.39 Å². The maximum Gasteiger partial charge on any atom is 0.148 e. The molecule has 0 radical (unpaired) electrons. The molecule has 0 bridgehead atoms. The molecule has 1 atom stereocenters. The fourth-order valence-electron chi connectivity index (χ4n) is 1.90. The number of hydrogen-bond donors (Lipinski definition) is 1. The summed E-state index contributed by atoms with van der Waals surface area (Å²) in [6, 6.07) is 4.28. The summed E-state index contributed by atoms with van der Waals surface area (Å²) in [6.07, 6.45) is 1.47. The van der Waals surface area contributed by atoms with Crippen LogP contribution in [0.1, 0.15) is 24.4 Å². The van der Waals surface area contributed by atoms with E-state index in [0.717, 1.165) is 0 Å². The van der Waals surface area contributed by atoms with Crippen molar-refractivity contribution in [1.29, 1.82) is 0 Å². The number of nitrogens with one attached hydrogen (secondary N) is 1. The Labute approximate surface area is 110 Å². The predicted molar refractivity (Wildman–Crippen MR) is 68.0 cm³/mol. The van der Waals surface area contributed by atoms with Crippen molar-refractivity contribution < 1.29 is 4.39 Å². The molecule has 2 rings (SSSR count). The van der Waals surface area contributed by atoms with E-state index in [4.69, 9.17) is 11.6 Å². The Morgan fingerprint density at radius 1 is 1.50 bits per heavy atom. The molecule has 4 nitrogen and oxygen atoms in total. The van der Waals surface area contributed by atoms with E-state index in [9.17, 15) is 4.39 Å². The lowest BCUT2D eigenvalue weighted by Gasteiger charge is -2.17. The fourth-order valence-corrected chi connectivity index (χ4v) is 2.06. The zero-order valence-corrected chi connectivity index (χ0v) is 10.9. The smallest absolute Gasteiger partial charge is 0.148 e. The topological polar surface area (TPSA) is 42.7 Å². The lowest BCUT2D eigenvalue weighted by Crippen LogP contribution is -2.23. The quantitative estimate of drug-likeness (QED) is 0.926. The molecule has 18 heavy (non-hydrogen) atoms. The van der Waals surface area contributed by atoms with E-state index >= 15 is 0 Å². The van der Waals surface area contributed by atoms with E-state index in [2.05, 4.69) is 15.4 Å². The standard InChI is InChI=1S/C12H14ClFN4/c1-3-18-12(16-7-17-18)11(15-2)9-5-4-8(13)6-10(9)14/h4-7,11,15H,3H2,1-2H3. The highest BCUT2D eigenvalue weighted by molar-refractivity contribution is 6.30. The number of nitrogens with zero attached hydrogens (tertiary/aromatic N) is 3. The number of rotatable bonds is 4. The lowest BCUT2D eigenvalue weighted by atomic mass is 10.1. The molecule has 0 aliphatic heterocycles. The van der Waals surface area contributed by atoms with Gasteiger partial charge in [-0.3, -0.25) is 0 Å². The van der Waals surface area contributed by atoms with Gasteiger partial charge in [-0.1, -0.05) is 17.7 Å². The molecule has 2 aromatic rings. The molecule has 0 aliphatic carbocycles. The minimum Gasteiger partial charge on any atom is -0.307 e. The summed E-state index contributed by atoms with van der Waals surface area (Å²) >= 11 is 5.75. The molecule has 1 aromatic heterocycles. The first-order valence-electron chi connectivity index (χ1n) is 5.67. The van der Waals surface area contributed by atoms with Crippen LogP contribution in [0.25, 0.3) is 0 Å². The molecule has 0 amide bonds. The molecular formula is C12H14ClFN4. The summed E-state index contributed by atoms with van der Waals surface area (Å²) in [4.78, 5) is 4.19. The maximum atomic E-state index is 13.9. The average Bonchev–Trinajstić information content (AvgIpc) is 2.81. The molecule has 0 spiro atoms. The van der Waals surface area contributed by atoms with Crippen molar-refractivity contribution >= 4 is 11.6 Å². The van der Waals surface area contributed by atoms with E-state index < -0.39 is 0 Å². The third-order valence-electron chi connectivity index (χ3n) is 2.77. The summed E-state index contributed by atoms with van der Waals surface area (Å²) in [7, 11) is 1.76. The van der Waals surface area contributed by atoms with Crippen LogP contribution in [0, 0.1) is 5.82 Å². The SMILES string of the molecule is CCn1ncnc1C(NC)c1ccc(Cl)cc1F. The van der Waals surface area contributed by atoms with Crippen molar-refractivity contribution in [2.75, 3.05) is 7.05 Å². The van der Waals surface area contributed by atoms with Gasteiger partial charge in [0.15, 0.2) is 0 Å². The van der Waals surface area contributed by atoms with Crippen LogP contribution in [0.5, 0.6) is 0 Å². The van der Waals surface area contributed by atoms with Crippen LogP contribution in [0.2, 0.25) is 5.02 Å². The Bertz CT molecular complexity index is 541. The van der Waals surface area contributed by atoms with Gasteiger partial charge in [0.1, 0.15) is 18.0 Å². The van der Waals surface area contributed by atoms with Gasteiger partial charge in [-0.25, -0.2) is 14.1 Å². The zero-order chi connectivity index (χ0) is 13.1. The van der Waals surface area contributed by atoms with Crippen LogP contribution >= 0.6 is 11.6 Å². The van der Waals surface area contributed by atoms with E-state index in [1.807, 2.05) is 6.92 Å². The Balaban J connectivity index is 2.45. The second-order valence-corrected chi connectivity index (χ2v) is 4.26. The molecule has 1 aromatic carbocycles.